The van der Waals surface area contributed by atoms with Gasteiger partial charge in [-0.1, -0.05) is 20.8 Å². The second-order valence-electron chi connectivity index (χ2n) is 5.61. The van der Waals surface area contributed by atoms with E-state index < -0.39 is 0 Å². The van der Waals surface area contributed by atoms with Crippen LogP contribution in [-0.4, -0.2) is 11.6 Å². The molecule has 1 aliphatic heterocycles. The molecule has 0 aliphatic carbocycles. The summed E-state index contributed by atoms with van der Waals surface area (Å²) >= 11 is 1.81. The van der Waals surface area contributed by atoms with Crippen LogP contribution in [0.3, 0.4) is 0 Å². The molecule has 0 amide bonds. The lowest BCUT2D eigenvalue weighted by Crippen LogP contribution is -2.11. The minimum Gasteiger partial charge on any atom is -0.493 e. The van der Waals surface area contributed by atoms with Crippen LogP contribution in [0.4, 0.5) is 0 Å². The van der Waals surface area contributed by atoms with Crippen molar-refractivity contribution in [1.29, 1.82) is 0 Å². The summed E-state index contributed by atoms with van der Waals surface area (Å²) in [5.74, 6) is 1.04. The molecule has 0 saturated heterocycles. The van der Waals surface area contributed by atoms with Crippen molar-refractivity contribution in [2.24, 2.45) is 0 Å². The maximum Gasteiger partial charge on any atom is 0.124 e. The van der Waals surface area contributed by atoms with Gasteiger partial charge in [0.1, 0.15) is 5.75 Å². The maximum atomic E-state index is 5.69. The predicted octanol–water partition coefficient (Wildman–Crippen LogP) is 3.92. The Morgan fingerprint density at radius 2 is 2.12 bits per heavy atom. The molecular weight excluding hydrogens is 230 g/mol. The van der Waals surface area contributed by atoms with Gasteiger partial charge in [-0.3, -0.25) is 0 Å². The second-order valence-corrected chi connectivity index (χ2v) is 6.64. The van der Waals surface area contributed by atoms with Gasteiger partial charge < -0.3 is 4.74 Å². The molecule has 0 fully saturated rings. The number of hydrogen-bond donors (Lipinski definition) is 0. The summed E-state index contributed by atoms with van der Waals surface area (Å²) in [4.78, 5) is 4.84. The van der Waals surface area contributed by atoms with Crippen LogP contribution in [0.15, 0.2) is 12.1 Å². The Morgan fingerprint density at radius 1 is 1.29 bits per heavy atom. The van der Waals surface area contributed by atoms with Crippen LogP contribution >= 0.6 is 11.3 Å². The van der Waals surface area contributed by atoms with Crippen molar-refractivity contribution in [1.82, 2.24) is 4.98 Å². The number of benzene rings is 1. The van der Waals surface area contributed by atoms with Crippen LogP contribution in [0.25, 0.3) is 10.2 Å². The molecule has 0 saturated carbocycles. The van der Waals surface area contributed by atoms with E-state index in [1.165, 1.54) is 15.3 Å². The molecular formula is C14H17NOS. The molecule has 1 aromatic carbocycles. The SMILES string of the molecule is CC(C)(C)c1nc2c3c(ccc2s1)OCCC3. The smallest absolute Gasteiger partial charge is 0.124 e. The van der Waals surface area contributed by atoms with Gasteiger partial charge in [-0.05, 0) is 25.0 Å². The Hall–Kier alpha value is -1.09. The molecule has 0 spiro atoms. The molecule has 0 atom stereocenters. The van der Waals surface area contributed by atoms with Crippen molar-refractivity contribution in [2.75, 3.05) is 6.61 Å². The van der Waals surface area contributed by atoms with Crippen molar-refractivity contribution >= 4 is 21.6 Å². The minimum atomic E-state index is 0.131. The zero-order chi connectivity index (χ0) is 12.0. The molecule has 1 aromatic heterocycles. The van der Waals surface area contributed by atoms with Crippen LogP contribution in [0.1, 0.15) is 37.8 Å². The minimum absolute atomic E-state index is 0.131. The van der Waals surface area contributed by atoms with E-state index in [0.29, 0.717) is 0 Å². The summed E-state index contributed by atoms with van der Waals surface area (Å²) in [6.07, 6.45) is 2.20. The monoisotopic (exact) mass is 247 g/mol. The molecule has 0 radical (unpaired) electrons. The molecule has 0 bridgehead atoms. The summed E-state index contributed by atoms with van der Waals surface area (Å²) in [6.45, 7) is 7.49. The van der Waals surface area contributed by atoms with Crippen molar-refractivity contribution in [3.8, 4) is 5.75 Å². The third-order valence-electron chi connectivity index (χ3n) is 3.09. The highest BCUT2D eigenvalue weighted by molar-refractivity contribution is 7.18. The van der Waals surface area contributed by atoms with E-state index in [-0.39, 0.29) is 5.41 Å². The fourth-order valence-corrected chi connectivity index (χ4v) is 3.21. The molecule has 0 N–H and O–H groups in total. The van der Waals surface area contributed by atoms with Gasteiger partial charge >= 0.3 is 0 Å². The van der Waals surface area contributed by atoms with E-state index >= 15 is 0 Å². The lowest BCUT2D eigenvalue weighted by atomic mass is 9.98. The van der Waals surface area contributed by atoms with E-state index in [0.717, 1.165) is 30.7 Å². The highest BCUT2D eigenvalue weighted by Gasteiger charge is 2.22. The topological polar surface area (TPSA) is 22.1 Å². The van der Waals surface area contributed by atoms with Crippen molar-refractivity contribution < 1.29 is 4.74 Å². The van der Waals surface area contributed by atoms with Gasteiger partial charge in [-0.25, -0.2) is 4.98 Å². The summed E-state index contributed by atoms with van der Waals surface area (Å²) < 4.78 is 6.98. The number of aromatic nitrogens is 1. The number of aryl methyl sites for hydroxylation is 1. The first kappa shape index (κ1) is 11.0. The largest absolute Gasteiger partial charge is 0.493 e. The molecule has 3 heteroatoms. The fraction of sp³-hybridized carbons (Fsp3) is 0.500. The molecule has 2 nitrogen and oxygen atoms in total. The van der Waals surface area contributed by atoms with Crippen LogP contribution in [0.2, 0.25) is 0 Å². The van der Waals surface area contributed by atoms with Gasteiger partial charge in [0.15, 0.2) is 0 Å². The van der Waals surface area contributed by atoms with Gasteiger partial charge in [0.25, 0.3) is 0 Å². The summed E-state index contributed by atoms with van der Waals surface area (Å²) in [6, 6.07) is 4.24. The Bertz CT molecular complexity index is 565. The third-order valence-corrected chi connectivity index (χ3v) is 4.54. The van der Waals surface area contributed by atoms with Crippen molar-refractivity contribution in [3.63, 3.8) is 0 Å². The Morgan fingerprint density at radius 3 is 2.88 bits per heavy atom. The molecule has 17 heavy (non-hydrogen) atoms. The molecule has 90 valence electrons. The van der Waals surface area contributed by atoms with Crippen LogP contribution in [-0.2, 0) is 11.8 Å². The lowest BCUT2D eigenvalue weighted by molar-refractivity contribution is 0.289. The number of thiazole rings is 1. The Labute approximate surface area is 106 Å². The number of ether oxygens (including phenoxy) is 1. The first-order valence-electron chi connectivity index (χ1n) is 6.11. The Kier molecular flexibility index (Phi) is 2.40. The van der Waals surface area contributed by atoms with E-state index in [2.05, 4.69) is 32.9 Å². The van der Waals surface area contributed by atoms with E-state index in [9.17, 15) is 0 Å². The first-order chi connectivity index (χ1) is 8.05. The van der Waals surface area contributed by atoms with E-state index in [4.69, 9.17) is 9.72 Å². The van der Waals surface area contributed by atoms with Gasteiger partial charge in [0.2, 0.25) is 0 Å². The van der Waals surface area contributed by atoms with E-state index in [1.807, 2.05) is 11.3 Å². The Balaban J connectivity index is 2.22. The average molecular weight is 247 g/mol. The molecule has 0 unspecified atom stereocenters. The van der Waals surface area contributed by atoms with Gasteiger partial charge in [0.05, 0.1) is 21.8 Å². The second kappa shape index (κ2) is 3.70. The van der Waals surface area contributed by atoms with Gasteiger partial charge in [-0.2, -0.15) is 0 Å². The predicted molar refractivity (Wildman–Crippen MR) is 72.1 cm³/mol. The third kappa shape index (κ3) is 1.82. The quantitative estimate of drug-likeness (QED) is 0.704. The lowest BCUT2D eigenvalue weighted by Gasteiger charge is -2.17. The molecule has 2 aromatic rings. The zero-order valence-corrected chi connectivity index (χ0v) is 11.4. The zero-order valence-electron chi connectivity index (χ0n) is 10.5. The maximum absolute atomic E-state index is 5.69. The summed E-state index contributed by atoms with van der Waals surface area (Å²) in [5, 5.41) is 1.21. The number of hydrogen-bond acceptors (Lipinski definition) is 3. The highest BCUT2D eigenvalue weighted by atomic mass is 32.1. The van der Waals surface area contributed by atoms with Crippen LogP contribution < -0.4 is 4.74 Å². The number of fused-ring (bicyclic) bond motifs is 3. The van der Waals surface area contributed by atoms with Gasteiger partial charge in [-0.15, -0.1) is 11.3 Å². The van der Waals surface area contributed by atoms with Gasteiger partial charge in [0, 0.05) is 11.0 Å². The van der Waals surface area contributed by atoms with Crippen molar-refractivity contribution in [3.05, 3.63) is 22.7 Å². The molecule has 1 aliphatic rings. The standard InChI is InChI=1S/C14H17NOS/c1-14(2,3)13-15-12-9-5-4-8-16-10(9)6-7-11(12)17-13/h6-7H,4-5,8H2,1-3H3. The molecule has 3 rings (SSSR count). The summed E-state index contributed by atoms with van der Waals surface area (Å²) in [7, 11) is 0. The van der Waals surface area contributed by atoms with Crippen LogP contribution in [0, 0.1) is 0 Å². The normalized spacial score (nSPS) is 15.7. The van der Waals surface area contributed by atoms with Crippen LogP contribution in [0.5, 0.6) is 5.75 Å². The van der Waals surface area contributed by atoms with Crippen molar-refractivity contribution in [2.45, 2.75) is 39.0 Å². The van der Waals surface area contributed by atoms with E-state index in [1.54, 1.807) is 0 Å². The number of rotatable bonds is 0. The first-order valence-corrected chi connectivity index (χ1v) is 6.93. The average Bonchev–Trinajstić information content (AvgIpc) is 2.72. The summed E-state index contributed by atoms with van der Waals surface area (Å²) in [5.41, 5.74) is 2.60. The number of nitrogens with zero attached hydrogens (tertiary/aromatic N) is 1. The fourth-order valence-electron chi connectivity index (χ4n) is 2.16. The molecule has 2 heterocycles. The highest BCUT2D eigenvalue weighted by Crippen LogP contribution is 2.37.